The van der Waals surface area contributed by atoms with Crippen LogP contribution >= 0.6 is 11.8 Å². The van der Waals surface area contributed by atoms with Crippen molar-refractivity contribution in [2.45, 2.75) is 32.8 Å². The molecule has 0 saturated carbocycles. The van der Waals surface area contributed by atoms with Gasteiger partial charge in [-0.3, -0.25) is 0 Å². The van der Waals surface area contributed by atoms with Gasteiger partial charge in [-0.15, -0.1) is 0 Å². The molecule has 3 N–H and O–H groups in total. The van der Waals surface area contributed by atoms with E-state index in [0.717, 1.165) is 24.5 Å². The summed E-state index contributed by atoms with van der Waals surface area (Å²) in [6, 6.07) is 3.70. The molecular weight excluding hydrogens is 246 g/mol. The van der Waals surface area contributed by atoms with Crippen molar-refractivity contribution < 1.29 is 4.74 Å². The van der Waals surface area contributed by atoms with E-state index in [1.54, 1.807) is 0 Å². The first-order valence-corrected chi connectivity index (χ1v) is 7.50. The maximum Gasteiger partial charge on any atom is 0.239 e. The third-order valence-electron chi connectivity index (χ3n) is 2.12. The van der Waals surface area contributed by atoms with Crippen molar-refractivity contribution in [3.63, 3.8) is 0 Å². The zero-order chi connectivity index (χ0) is 13.6. The normalized spacial score (nSPS) is 11.3. The molecule has 1 aromatic rings. The van der Waals surface area contributed by atoms with Gasteiger partial charge in [-0.1, -0.05) is 0 Å². The number of nitrogen functional groups attached to an aromatic ring is 1. The second kappa shape index (κ2) is 6.73. The van der Waals surface area contributed by atoms with Crippen molar-refractivity contribution in [3.05, 3.63) is 12.1 Å². The molecule has 0 aliphatic carbocycles. The number of pyridine rings is 1. The van der Waals surface area contributed by atoms with Crippen molar-refractivity contribution >= 4 is 23.3 Å². The molecule has 0 spiro atoms. The zero-order valence-electron chi connectivity index (χ0n) is 11.6. The maximum absolute atomic E-state index is 5.85. The molecule has 0 bridgehead atoms. The summed E-state index contributed by atoms with van der Waals surface area (Å²) in [5, 5.41) is 3.27. The highest BCUT2D eigenvalue weighted by molar-refractivity contribution is 7.98. The molecule has 102 valence electrons. The Morgan fingerprint density at radius 2 is 2.11 bits per heavy atom. The first-order chi connectivity index (χ1) is 8.42. The number of rotatable bonds is 6. The second-order valence-corrected chi connectivity index (χ2v) is 6.06. The highest BCUT2D eigenvalue weighted by Gasteiger charge is 2.15. The first-order valence-electron chi connectivity index (χ1n) is 6.11. The van der Waals surface area contributed by atoms with Crippen molar-refractivity contribution in [2.75, 3.05) is 29.6 Å². The Kier molecular flexibility index (Phi) is 5.59. The Labute approximate surface area is 114 Å². The Bertz CT molecular complexity index is 377. The topological polar surface area (TPSA) is 60.2 Å². The quantitative estimate of drug-likeness (QED) is 0.777. The summed E-state index contributed by atoms with van der Waals surface area (Å²) in [4.78, 5) is 4.39. The van der Waals surface area contributed by atoms with Crippen LogP contribution < -0.4 is 15.8 Å². The van der Waals surface area contributed by atoms with Crippen molar-refractivity contribution in [2.24, 2.45) is 0 Å². The fourth-order valence-corrected chi connectivity index (χ4v) is 1.79. The molecule has 5 heteroatoms. The van der Waals surface area contributed by atoms with Crippen LogP contribution in [0.4, 0.5) is 11.5 Å². The lowest BCUT2D eigenvalue weighted by Gasteiger charge is -2.21. The van der Waals surface area contributed by atoms with E-state index in [-0.39, 0.29) is 5.60 Å². The molecule has 0 unspecified atom stereocenters. The van der Waals surface area contributed by atoms with Gasteiger partial charge < -0.3 is 15.8 Å². The molecular formula is C13H23N3OS. The number of nitrogens with one attached hydrogen (secondary N) is 1. The molecule has 0 aromatic carbocycles. The Balaban J connectivity index is 2.63. The number of hydrogen-bond donors (Lipinski definition) is 2. The number of nitrogens with zero attached hydrogens (tertiary/aromatic N) is 1. The predicted octanol–water partition coefficient (Wildman–Crippen LogP) is 3.01. The van der Waals surface area contributed by atoms with Gasteiger partial charge in [-0.25, -0.2) is 0 Å². The predicted molar refractivity (Wildman–Crippen MR) is 80.5 cm³/mol. The van der Waals surface area contributed by atoms with Gasteiger partial charge in [0.2, 0.25) is 5.88 Å². The summed E-state index contributed by atoms with van der Waals surface area (Å²) in [5.74, 6) is 2.45. The molecule has 1 aromatic heterocycles. The summed E-state index contributed by atoms with van der Waals surface area (Å²) >= 11 is 1.85. The first kappa shape index (κ1) is 15.0. The molecule has 1 rings (SSSR count). The van der Waals surface area contributed by atoms with Crippen LogP contribution in [0.15, 0.2) is 12.1 Å². The molecule has 0 radical (unpaired) electrons. The average molecular weight is 269 g/mol. The molecule has 0 amide bonds. The molecule has 18 heavy (non-hydrogen) atoms. The summed E-state index contributed by atoms with van der Waals surface area (Å²) in [6.07, 6.45) is 3.22. The largest absolute Gasteiger partial charge is 0.470 e. The smallest absolute Gasteiger partial charge is 0.239 e. The summed E-state index contributed by atoms with van der Waals surface area (Å²) < 4.78 is 5.72. The van der Waals surface area contributed by atoms with E-state index >= 15 is 0 Å². The van der Waals surface area contributed by atoms with E-state index in [1.165, 1.54) is 0 Å². The van der Waals surface area contributed by atoms with Gasteiger partial charge in [0.05, 0.1) is 5.69 Å². The van der Waals surface area contributed by atoms with Gasteiger partial charge in [0.25, 0.3) is 0 Å². The van der Waals surface area contributed by atoms with E-state index in [1.807, 2.05) is 44.7 Å². The fourth-order valence-electron chi connectivity index (χ4n) is 1.35. The lowest BCUT2D eigenvalue weighted by Crippen LogP contribution is -2.24. The Morgan fingerprint density at radius 1 is 1.39 bits per heavy atom. The molecule has 4 nitrogen and oxygen atoms in total. The number of hydrogen-bond acceptors (Lipinski definition) is 5. The summed E-state index contributed by atoms with van der Waals surface area (Å²) in [6.45, 7) is 6.85. The van der Waals surface area contributed by atoms with Crippen molar-refractivity contribution in [1.82, 2.24) is 4.98 Å². The van der Waals surface area contributed by atoms with Crippen LogP contribution in [0.25, 0.3) is 0 Å². The van der Waals surface area contributed by atoms with E-state index < -0.39 is 0 Å². The summed E-state index contributed by atoms with van der Waals surface area (Å²) in [7, 11) is 0. The van der Waals surface area contributed by atoms with E-state index in [9.17, 15) is 0 Å². The Morgan fingerprint density at radius 3 is 2.72 bits per heavy atom. The van der Waals surface area contributed by atoms with Crippen LogP contribution in [0, 0.1) is 0 Å². The minimum absolute atomic E-state index is 0.293. The average Bonchev–Trinajstić information content (AvgIpc) is 2.27. The van der Waals surface area contributed by atoms with Crippen molar-refractivity contribution in [3.8, 4) is 5.88 Å². The lowest BCUT2D eigenvalue weighted by molar-refractivity contribution is 0.125. The van der Waals surface area contributed by atoms with Gasteiger partial charge >= 0.3 is 0 Å². The zero-order valence-corrected chi connectivity index (χ0v) is 12.4. The molecule has 0 atom stereocenters. The van der Waals surface area contributed by atoms with E-state index in [4.69, 9.17) is 10.5 Å². The van der Waals surface area contributed by atoms with Gasteiger partial charge in [0, 0.05) is 6.54 Å². The molecule has 0 fully saturated rings. The Hall–Kier alpha value is -1.10. The maximum atomic E-state index is 5.85. The van der Waals surface area contributed by atoms with Crippen LogP contribution in [0.2, 0.25) is 0 Å². The number of ether oxygens (including phenoxy) is 1. The second-order valence-electron chi connectivity index (χ2n) is 5.08. The van der Waals surface area contributed by atoms with Crippen LogP contribution in [-0.2, 0) is 0 Å². The lowest BCUT2D eigenvalue weighted by atomic mass is 10.2. The fraction of sp³-hybridized carbons (Fsp3) is 0.615. The highest BCUT2D eigenvalue weighted by atomic mass is 32.2. The minimum atomic E-state index is -0.293. The molecule has 0 saturated heterocycles. The van der Waals surface area contributed by atoms with Crippen molar-refractivity contribution in [1.29, 1.82) is 0 Å². The number of anilines is 2. The monoisotopic (exact) mass is 269 g/mol. The summed E-state index contributed by atoms with van der Waals surface area (Å²) in [5.41, 5.74) is 6.13. The molecule has 1 heterocycles. The van der Waals surface area contributed by atoms with Crippen LogP contribution in [-0.4, -0.2) is 29.1 Å². The SMILES string of the molecule is CSCCCNc1ccc(N)c(OC(C)(C)C)n1. The number of thioether (sulfide) groups is 1. The third kappa shape index (κ3) is 5.49. The van der Waals surface area contributed by atoms with Crippen LogP contribution in [0.1, 0.15) is 27.2 Å². The highest BCUT2D eigenvalue weighted by Crippen LogP contribution is 2.24. The molecule has 0 aliphatic rings. The van der Waals surface area contributed by atoms with Gasteiger partial charge in [-0.05, 0) is 51.3 Å². The van der Waals surface area contributed by atoms with E-state index in [0.29, 0.717) is 11.6 Å². The van der Waals surface area contributed by atoms with E-state index in [2.05, 4.69) is 16.6 Å². The van der Waals surface area contributed by atoms with Crippen LogP contribution in [0.3, 0.4) is 0 Å². The van der Waals surface area contributed by atoms with Crippen LogP contribution in [0.5, 0.6) is 5.88 Å². The van der Waals surface area contributed by atoms with Gasteiger partial charge in [0.1, 0.15) is 11.4 Å². The molecule has 0 aliphatic heterocycles. The van der Waals surface area contributed by atoms with Gasteiger partial charge in [0.15, 0.2) is 0 Å². The van der Waals surface area contributed by atoms with Gasteiger partial charge in [-0.2, -0.15) is 16.7 Å². The standard InChI is InChI=1S/C13H23N3OS/c1-13(2,3)17-12-10(14)6-7-11(16-12)15-8-5-9-18-4/h6-7H,5,8-9,14H2,1-4H3,(H,15,16). The minimum Gasteiger partial charge on any atom is -0.470 e. The number of nitrogens with two attached hydrogens (primary N) is 1. The number of aromatic nitrogens is 1. The third-order valence-corrected chi connectivity index (χ3v) is 2.82.